The summed E-state index contributed by atoms with van der Waals surface area (Å²) in [6, 6.07) is 5.72. The average Bonchev–Trinajstić information content (AvgIpc) is 2.50. The van der Waals surface area contributed by atoms with E-state index in [1.807, 2.05) is 13.8 Å². The van der Waals surface area contributed by atoms with Gasteiger partial charge >= 0.3 is 0 Å². The highest BCUT2D eigenvalue weighted by atomic mass is 32.2. The van der Waals surface area contributed by atoms with Crippen LogP contribution in [0.1, 0.15) is 33.1 Å². The van der Waals surface area contributed by atoms with Crippen LogP contribution < -0.4 is 11.5 Å². The molecule has 0 saturated heterocycles. The van der Waals surface area contributed by atoms with Gasteiger partial charge in [0.1, 0.15) is 0 Å². The lowest BCUT2D eigenvalue weighted by atomic mass is 10.1. The predicted octanol–water partition coefficient (Wildman–Crippen LogP) is 1.41. The second-order valence-corrected chi connectivity index (χ2v) is 8.05. The van der Waals surface area contributed by atoms with Crippen molar-refractivity contribution in [2.24, 2.45) is 11.7 Å². The summed E-state index contributed by atoms with van der Waals surface area (Å²) in [6.45, 7) is 4.64. The molecule has 0 aliphatic carbocycles. The Hall–Kier alpha value is -1.15. The Morgan fingerprint density at radius 2 is 1.78 bits per heavy atom. The van der Waals surface area contributed by atoms with E-state index in [4.69, 9.17) is 11.5 Å². The normalized spacial score (nSPS) is 13.7. The van der Waals surface area contributed by atoms with Crippen LogP contribution in [0.3, 0.4) is 0 Å². The van der Waals surface area contributed by atoms with Crippen LogP contribution >= 0.6 is 0 Å². The Morgan fingerprint density at radius 3 is 2.26 bits per heavy atom. The second kappa shape index (κ2) is 9.22. The molecular weight excluding hydrogens is 314 g/mol. The average molecular weight is 343 g/mol. The fraction of sp³-hybridized carbons (Fsp3) is 0.625. The zero-order valence-electron chi connectivity index (χ0n) is 14.0. The van der Waals surface area contributed by atoms with Gasteiger partial charge in [0, 0.05) is 18.3 Å². The number of hydrogen-bond acceptors (Lipinski definition) is 5. The van der Waals surface area contributed by atoms with Crippen molar-refractivity contribution in [1.82, 2.24) is 4.31 Å². The fourth-order valence-electron chi connectivity index (χ4n) is 2.43. The first kappa shape index (κ1) is 19.9. The second-order valence-electron chi connectivity index (χ2n) is 6.16. The SMILES string of the molecule is CC(C)CN(C(CO)CCCCN)S(=O)(=O)c1ccc(N)cc1. The molecule has 1 aromatic carbocycles. The van der Waals surface area contributed by atoms with Crippen LogP contribution in [0.15, 0.2) is 29.2 Å². The van der Waals surface area contributed by atoms with Crippen LogP contribution in [0.2, 0.25) is 0 Å². The van der Waals surface area contributed by atoms with Crippen LogP contribution in [-0.4, -0.2) is 43.6 Å². The molecule has 5 N–H and O–H groups in total. The van der Waals surface area contributed by atoms with Gasteiger partial charge in [0.2, 0.25) is 10.0 Å². The van der Waals surface area contributed by atoms with E-state index < -0.39 is 16.1 Å². The number of sulfonamides is 1. The summed E-state index contributed by atoms with van der Waals surface area (Å²) in [5, 5.41) is 9.71. The highest BCUT2D eigenvalue weighted by Gasteiger charge is 2.31. The first-order valence-electron chi connectivity index (χ1n) is 8.01. The van der Waals surface area contributed by atoms with Crippen molar-refractivity contribution in [1.29, 1.82) is 0 Å². The lowest BCUT2D eigenvalue weighted by Gasteiger charge is -2.31. The van der Waals surface area contributed by atoms with Gasteiger partial charge in [-0.2, -0.15) is 4.31 Å². The lowest BCUT2D eigenvalue weighted by Crippen LogP contribution is -2.44. The summed E-state index contributed by atoms with van der Waals surface area (Å²) in [6.07, 6.45) is 2.19. The van der Waals surface area contributed by atoms with E-state index in [9.17, 15) is 13.5 Å². The van der Waals surface area contributed by atoms with Crippen LogP contribution in [0.4, 0.5) is 5.69 Å². The van der Waals surface area contributed by atoms with E-state index in [2.05, 4.69) is 0 Å². The van der Waals surface area contributed by atoms with Gasteiger partial charge in [-0.3, -0.25) is 0 Å². The van der Waals surface area contributed by atoms with Crippen molar-refractivity contribution in [3.8, 4) is 0 Å². The van der Waals surface area contributed by atoms with Crippen molar-refractivity contribution < 1.29 is 13.5 Å². The Bertz CT molecular complexity index is 558. The summed E-state index contributed by atoms with van der Waals surface area (Å²) < 4.78 is 27.3. The molecule has 132 valence electrons. The molecule has 0 aromatic heterocycles. The van der Waals surface area contributed by atoms with E-state index in [0.717, 1.165) is 12.8 Å². The summed E-state index contributed by atoms with van der Waals surface area (Å²) in [5.74, 6) is 0.155. The van der Waals surface area contributed by atoms with Crippen molar-refractivity contribution in [2.75, 3.05) is 25.4 Å². The molecule has 0 bridgehead atoms. The first-order chi connectivity index (χ1) is 10.8. The minimum absolute atomic E-state index is 0.155. The Morgan fingerprint density at radius 1 is 1.17 bits per heavy atom. The molecule has 7 heteroatoms. The molecule has 1 atom stereocenters. The molecule has 0 aliphatic heterocycles. The maximum Gasteiger partial charge on any atom is 0.243 e. The Kier molecular flexibility index (Phi) is 7.98. The zero-order chi connectivity index (χ0) is 17.5. The fourth-order valence-corrected chi connectivity index (χ4v) is 4.24. The number of nitrogens with zero attached hydrogens (tertiary/aromatic N) is 1. The van der Waals surface area contributed by atoms with Gasteiger partial charge in [0.25, 0.3) is 0 Å². The predicted molar refractivity (Wildman–Crippen MR) is 93.4 cm³/mol. The highest BCUT2D eigenvalue weighted by molar-refractivity contribution is 7.89. The smallest absolute Gasteiger partial charge is 0.243 e. The van der Waals surface area contributed by atoms with E-state index in [1.54, 1.807) is 12.1 Å². The minimum atomic E-state index is -3.67. The third-order valence-electron chi connectivity index (χ3n) is 3.64. The summed E-state index contributed by atoms with van der Waals surface area (Å²) >= 11 is 0. The van der Waals surface area contributed by atoms with Crippen LogP contribution in [-0.2, 0) is 10.0 Å². The molecule has 23 heavy (non-hydrogen) atoms. The molecule has 0 saturated carbocycles. The number of aliphatic hydroxyl groups is 1. The quantitative estimate of drug-likeness (QED) is 0.439. The molecule has 0 radical (unpaired) electrons. The van der Waals surface area contributed by atoms with E-state index in [0.29, 0.717) is 25.2 Å². The number of hydrogen-bond donors (Lipinski definition) is 3. The third-order valence-corrected chi connectivity index (χ3v) is 5.57. The monoisotopic (exact) mass is 343 g/mol. The molecule has 0 amide bonds. The summed E-state index contributed by atoms with van der Waals surface area (Å²) in [5.41, 5.74) is 11.6. The number of aliphatic hydroxyl groups excluding tert-OH is 1. The van der Waals surface area contributed by atoms with Crippen LogP contribution in [0.25, 0.3) is 0 Å². The highest BCUT2D eigenvalue weighted by Crippen LogP contribution is 2.23. The van der Waals surface area contributed by atoms with Gasteiger partial charge in [0.05, 0.1) is 11.5 Å². The minimum Gasteiger partial charge on any atom is -0.399 e. The van der Waals surface area contributed by atoms with Gasteiger partial charge in [0.15, 0.2) is 0 Å². The topological polar surface area (TPSA) is 110 Å². The number of rotatable bonds is 10. The number of nitrogens with two attached hydrogens (primary N) is 2. The number of unbranched alkanes of at least 4 members (excludes halogenated alkanes) is 1. The zero-order valence-corrected chi connectivity index (χ0v) is 14.8. The third kappa shape index (κ3) is 5.76. The van der Waals surface area contributed by atoms with Gasteiger partial charge in [-0.25, -0.2) is 8.42 Å². The maximum absolute atomic E-state index is 13.0. The van der Waals surface area contributed by atoms with Crippen molar-refractivity contribution in [3.05, 3.63) is 24.3 Å². The van der Waals surface area contributed by atoms with E-state index >= 15 is 0 Å². The molecule has 1 rings (SSSR count). The molecule has 0 heterocycles. The number of benzene rings is 1. The molecule has 0 spiro atoms. The van der Waals surface area contributed by atoms with Crippen LogP contribution in [0, 0.1) is 5.92 Å². The lowest BCUT2D eigenvalue weighted by molar-refractivity contribution is 0.168. The summed E-state index contributed by atoms with van der Waals surface area (Å²) in [7, 11) is -3.67. The van der Waals surface area contributed by atoms with Crippen LogP contribution in [0.5, 0.6) is 0 Å². The van der Waals surface area contributed by atoms with Gasteiger partial charge in [-0.15, -0.1) is 0 Å². The standard InChI is InChI=1S/C16H29N3O3S/c1-13(2)11-19(15(12-20)5-3-4-10-17)23(21,22)16-8-6-14(18)7-9-16/h6-9,13,15,20H,3-5,10-12,17-18H2,1-2H3. The van der Waals surface area contributed by atoms with Gasteiger partial charge in [-0.05, 0) is 49.6 Å². The Balaban J connectivity index is 3.09. The number of anilines is 1. The maximum atomic E-state index is 13.0. The van der Waals surface area contributed by atoms with Gasteiger partial charge in [-0.1, -0.05) is 20.3 Å². The largest absolute Gasteiger partial charge is 0.399 e. The molecule has 1 unspecified atom stereocenters. The summed E-state index contributed by atoms with van der Waals surface area (Å²) in [4.78, 5) is 0.199. The first-order valence-corrected chi connectivity index (χ1v) is 9.45. The molecule has 0 fully saturated rings. The molecular formula is C16H29N3O3S. The van der Waals surface area contributed by atoms with Crippen molar-refractivity contribution in [3.63, 3.8) is 0 Å². The van der Waals surface area contributed by atoms with E-state index in [1.165, 1.54) is 16.4 Å². The van der Waals surface area contributed by atoms with Crippen molar-refractivity contribution >= 4 is 15.7 Å². The molecule has 1 aromatic rings. The Labute approximate surface area is 139 Å². The molecule has 6 nitrogen and oxygen atoms in total. The van der Waals surface area contributed by atoms with Crippen molar-refractivity contribution in [2.45, 2.75) is 44.0 Å². The van der Waals surface area contributed by atoms with Gasteiger partial charge < -0.3 is 16.6 Å². The van der Waals surface area contributed by atoms with E-state index in [-0.39, 0.29) is 17.4 Å². The molecule has 0 aliphatic rings. The number of nitrogen functional groups attached to an aromatic ring is 1.